The minimum atomic E-state index is -0.580. The fraction of sp³-hybridized carbons (Fsp3) is 0.462. The molecule has 5 heteroatoms. The molecule has 1 rings (SSSR count). The minimum absolute atomic E-state index is 0.0139. The molecule has 1 amide bonds. The Morgan fingerprint density at radius 2 is 2.11 bits per heavy atom. The van der Waals surface area contributed by atoms with Crippen molar-refractivity contribution < 1.29 is 9.18 Å². The van der Waals surface area contributed by atoms with E-state index in [0.29, 0.717) is 18.8 Å². The average molecular weight is 292 g/mol. The Kier molecular flexibility index (Phi) is 5.89. The molecule has 0 fully saturated rings. The molecule has 0 saturated carbocycles. The fourth-order valence-corrected chi connectivity index (χ4v) is 1.97. The van der Waals surface area contributed by atoms with Gasteiger partial charge in [-0.3, -0.25) is 4.79 Å². The molecule has 1 aromatic rings. The van der Waals surface area contributed by atoms with Crippen LogP contribution in [0, 0.1) is 5.82 Å². The van der Waals surface area contributed by atoms with Crippen molar-refractivity contribution in [2.45, 2.75) is 26.3 Å². The number of hydrogen-bond donors (Lipinski definition) is 0. The molecule has 18 heavy (non-hydrogen) atoms. The lowest BCUT2D eigenvalue weighted by Gasteiger charge is -2.27. The van der Waals surface area contributed by atoms with Crippen molar-refractivity contribution in [2.75, 3.05) is 12.4 Å². The van der Waals surface area contributed by atoms with Crippen LogP contribution in [0.4, 0.5) is 4.39 Å². The second kappa shape index (κ2) is 6.95. The Morgan fingerprint density at radius 1 is 1.44 bits per heavy atom. The van der Waals surface area contributed by atoms with E-state index < -0.39 is 5.82 Å². The number of rotatable bonds is 5. The maximum atomic E-state index is 13.3. The van der Waals surface area contributed by atoms with Gasteiger partial charge in [-0.05, 0) is 32.4 Å². The summed E-state index contributed by atoms with van der Waals surface area (Å²) in [6.45, 7) is 4.34. The minimum Gasteiger partial charge on any atom is -0.336 e. The average Bonchev–Trinajstić information content (AvgIpc) is 2.32. The van der Waals surface area contributed by atoms with Crippen molar-refractivity contribution >= 4 is 29.1 Å². The third-order valence-corrected chi connectivity index (χ3v) is 3.25. The zero-order valence-corrected chi connectivity index (χ0v) is 11.9. The van der Waals surface area contributed by atoms with E-state index in [0.717, 1.165) is 0 Å². The molecule has 0 aliphatic carbocycles. The number of carbonyl (C=O) groups is 1. The molecule has 0 aliphatic heterocycles. The largest absolute Gasteiger partial charge is 0.336 e. The van der Waals surface area contributed by atoms with Crippen molar-refractivity contribution in [3.8, 4) is 0 Å². The Bertz CT molecular complexity index is 423. The van der Waals surface area contributed by atoms with Gasteiger partial charge in [0.25, 0.3) is 5.91 Å². The zero-order valence-electron chi connectivity index (χ0n) is 10.4. The molecule has 0 atom stereocenters. The van der Waals surface area contributed by atoms with E-state index in [1.807, 2.05) is 13.8 Å². The quantitative estimate of drug-likeness (QED) is 0.752. The van der Waals surface area contributed by atoms with Crippen molar-refractivity contribution in [2.24, 2.45) is 0 Å². The highest BCUT2D eigenvalue weighted by atomic mass is 35.5. The van der Waals surface area contributed by atoms with E-state index >= 15 is 0 Å². The predicted molar refractivity (Wildman–Crippen MR) is 72.9 cm³/mol. The van der Waals surface area contributed by atoms with E-state index in [1.165, 1.54) is 18.2 Å². The maximum absolute atomic E-state index is 13.3. The van der Waals surface area contributed by atoms with Gasteiger partial charge < -0.3 is 4.90 Å². The molecule has 2 nitrogen and oxygen atoms in total. The van der Waals surface area contributed by atoms with Crippen LogP contribution in [0.1, 0.15) is 30.6 Å². The molecule has 0 N–H and O–H groups in total. The smallest absolute Gasteiger partial charge is 0.255 e. The molecular formula is C13H16Cl2FNO. The van der Waals surface area contributed by atoms with Gasteiger partial charge in [-0.2, -0.15) is 0 Å². The Labute approximate surface area is 117 Å². The third-order valence-electron chi connectivity index (χ3n) is 2.60. The monoisotopic (exact) mass is 291 g/mol. The summed E-state index contributed by atoms with van der Waals surface area (Å²) in [5, 5.41) is -0.126. The molecule has 0 radical (unpaired) electrons. The first-order valence-electron chi connectivity index (χ1n) is 5.80. The van der Waals surface area contributed by atoms with Crippen LogP contribution in [0.3, 0.4) is 0 Å². The lowest BCUT2D eigenvalue weighted by molar-refractivity contribution is 0.0706. The fourth-order valence-electron chi connectivity index (χ4n) is 1.65. The number of benzene rings is 1. The Balaban J connectivity index is 2.98. The topological polar surface area (TPSA) is 20.3 Å². The molecule has 0 heterocycles. The van der Waals surface area contributed by atoms with Gasteiger partial charge >= 0.3 is 0 Å². The van der Waals surface area contributed by atoms with E-state index in [4.69, 9.17) is 23.2 Å². The molecule has 0 saturated heterocycles. The van der Waals surface area contributed by atoms with Gasteiger partial charge in [-0.1, -0.05) is 17.7 Å². The number of halogens is 3. The lowest BCUT2D eigenvalue weighted by Crippen LogP contribution is -2.38. The first kappa shape index (κ1) is 15.3. The molecule has 0 spiro atoms. The van der Waals surface area contributed by atoms with Crippen molar-refractivity contribution in [3.05, 3.63) is 34.6 Å². The first-order chi connectivity index (χ1) is 8.49. The molecule has 0 aromatic heterocycles. The highest BCUT2D eigenvalue weighted by molar-refractivity contribution is 6.34. The van der Waals surface area contributed by atoms with Crippen LogP contribution in [-0.4, -0.2) is 29.3 Å². The highest BCUT2D eigenvalue weighted by Crippen LogP contribution is 2.22. The zero-order chi connectivity index (χ0) is 13.7. The molecule has 1 aromatic carbocycles. The number of carbonyl (C=O) groups excluding carboxylic acids is 1. The van der Waals surface area contributed by atoms with E-state index in [9.17, 15) is 9.18 Å². The summed E-state index contributed by atoms with van der Waals surface area (Å²) in [6.07, 6.45) is 0.693. The van der Waals surface area contributed by atoms with E-state index in [-0.39, 0.29) is 22.5 Å². The number of amides is 1. The number of hydrogen-bond acceptors (Lipinski definition) is 1. The van der Waals surface area contributed by atoms with Gasteiger partial charge in [0, 0.05) is 18.5 Å². The Morgan fingerprint density at radius 3 is 2.67 bits per heavy atom. The summed E-state index contributed by atoms with van der Waals surface area (Å²) in [5.41, 5.74) is 0.194. The van der Waals surface area contributed by atoms with Crippen LogP contribution in [0.2, 0.25) is 5.02 Å². The van der Waals surface area contributed by atoms with E-state index in [1.54, 1.807) is 4.90 Å². The standard InChI is InChI=1S/C13H16Cl2FNO/c1-9(2)17(8-4-7-14)13(18)10-5-3-6-11(16)12(10)15/h3,5-6,9H,4,7-8H2,1-2H3. The highest BCUT2D eigenvalue weighted by Gasteiger charge is 2.21. The predicted octanol–water partition coefficient (Wildman–Crippen LogP) is 3.96. The van der Waals surface area contributed by atoms with Crippen LogP contribution < -0.4 is 0 Å². The van der Waals surface area contributed by atoms with Gasteiger partial charge in [0.1, 0.15) is 5.82 Å². The van der Waals surface area contributed by atoms with Crippen LogP contribution in [0.15, 0.2) is 18.2 Å². The second-order valence-electron chi connectivity index (χ2n) is 4.24. The van der Waals surface area contributed by atoms with E-state index in [2.05, 4.69) is 0 Å². The summed E-state index contributed by atoms with van der Waals surface area (Å²) in [4.78, 5) is 13.9. The SMILES string of the molecule is CC(C)N(CCCCl)C(=O)c1cccc(F)c1Cl. The lowest BCUT2D eigenvalue weighted by atomic mass is 10.1. The third kappa shape index (κ3) is 3.59. The molecule has 0 unspecified atom stereocenters. The summed E-state index contributed by atoms with van der Waals surface area (Å²) < 4.78 is 13.3. The summed E-state index contributed by atoms with van der Waals surface area (Å²) in [5.74, 6) is -0.365. The van der Waals surface area contributed by atoms with Gasteiger partial charge in [0.2, 0.25) is 0 Å². The second-order valence-corrected chi connectivity index (χ2v) is 4.99. The molecule has 100 valence electrons. The summed E-state index contributed by atoms with van der Waals surface area (Å²) >= 11 is 11.5. The first-order valence-corrected chi connectivity index (χ1v) is 6.71. The van der Waals surface area contributed by atoms with Crippen LogP contribution in [0.5, 0.6) is 0 Å². The normalized spacial score (nSPS) is 10.8. The van der Waals surface area contributed by atoms with Crippen molar-refractivity contribution in [1.82, 2.24) is 4.90 Å². The maximum Gasteiger partial charge on any atom is 0.255 e. The van der Waals surface area contributed by atoms with Gasteiger partial charge in [-0.15, -0.1) is 11.6 Å². The van der Waals surface area contributed by atoms with Crippen molar-refractivity contribution in [1.29, 1.82) is 0 Å². The molecule has 0 bridgehead atoms. The number of nitrogens with zero attached hydrogens (tertiary/aromatic N) is 1. The molecular weight excluding hydrogens is 276 g/mol. The van der Waals surface area contributed by atoms with Crippen molar-refractivity contribution in [3.63, 3.8) is 0 Å². The Hall–Kier alpha value is -0.800. The van der Waals surface area contributed by atoms with Gasteiger partial charge in [0.05, 0.1) is 10.6 Å². The van der Waals surface area contributed by atoms with Gasteiger partial charge in [0.15, 0.2) is 0 Å². The summed E-state index contributed by atoms with van der Waals surface area (Å²) in [6, 6.07) is 4.26. The van der Waals surface area contributed by atoms with Crippen LogP contribution in [-0.2, 0) is 0 Å². The van der Waals surface area contributed by atoms with Crippen LogP contribution >= 0.6 is 23.2 Å². The van der Waals surface area contributed by atoms with Gasteiger partial charge in [-0.25, -0.2) is 4.39 Å². The molecule has 0 aliphatic rings. The number of alkyl halides is 1. The van der Waals surface area contributed by atoms with Crippen LogP contribution in [0.25, 0.3) is 0 Å². The summed E-state index contributed by atoms with van der Waals surface area (Å²) in [7, 11) is 0.